The third-order valence-electron chi connectivity index (χ3n) is 2.14. The first kappa shape index (κ1) is 12.6. The van der Waals surface area contributed by atoms with E-state index in [1.807, 2.05) is 6.92 Å². The van der Waals surface area contributed by atoms with Crippen LogP contribution in [0.4, 0.5) is 0 Å². The maximum Gasteiger partial charge on any atom is 0.255 e. The van der Waals surface area contributed by atoms with Crippen molar-refractivity contribution in [2.45, 2.75) is 44.9 Å². The lowest BCUT2D eigenvalue weighted by Gasteiger charge is -2.15. The quantitative estimate of drug-likeness (QED) is 0.728. The van der Waals surface area contributed by atoms with E-state index in [2.05, 4.69) is 24.1 Å². The van der Waals surface area contributed by atoms with Gasteiger partial charge in [0.15, 0.2) is 0 Å². The van der Waals surface area contributed by atoms with E-state index in [-0.39, 0.29) is 0 Å². The second-order valence-electron chi connectivity index (χ2n) is 3.61. The third-order valence-corrected chi connectivity index (χ3v) is 3.14. The van der Waals surface area contributed by atoms with Crippen LogP contribution in [-0.4, -0.2) is 23.3 Å². The normalized spacial score (nSPS) is 13.0. The lowest BCUT2D eigenvalue weighted by Crippen LogP contribution is -2.30. The summed E-state index contributed by atoms with van der Waals surface area (Å²) in [5.74, 6) is 1.03. The Balaban J connectivity index is 2.32. The largest absolute Gasteiger partial charge is 0.440 e. The van der Waals surface area contributed by atoms with Crippen molar-refractivity contribution >= 4 is 11.8 Å². The molecule has 1 N–H and O–H groups in total. The summed E-state index contributed by atoms with van der Waals surface area (Å²) in [7, 11) is 0. The van der Waals surface area contributed by atoms with Crippen molar-refractivity contribution in [2.75, 3.05) is 12.3 Å². The van der Waals surface area contributed by atoms with Crippen LogP contribution in [0.1, 0.15) is 32.4 Å². The summed E-state index contributed by atoms with van der Waals surface area (Å²) in [5, 5.41) is 4.25. The molecular weight excluding hydrogens is 208 g/mol. The number of nitrogens with one attached hydrogen (secondary N) is 1. The molecule has 1 rings (SSSR count). The van der Waals surface area contributed by atoms with Crippen molar-refractivity contribution in [1.82, 2.24) is 10.3 Å². The van der Waals surface area contributed by atoms with Crippen molar-refractivity contribution < 1.29 is 4.42 Å². The van der Waals surface area contributed by atoms with Crippen molar-refractivity contribution in [2.24, 2.45) is 0 Å². The molecule has 0 radical (unpaired) electrons. The number of aromatic nitrogens is 1. The van der Waals surface area contributed by atoms with Crippen molar-refractivity contribution in [1.29, 1.82) is 0 Å². The molecule has 0 amide bonds. The van der Waals surface area contributed by atoms with Gasteiger partial charge in [-0.15, -0.1) is 0 Å². The van der Waals surface area contributed by atoms with Gasteiger partial charge >= 0.3 is 0 Å². The zero-order valence-electron chi connectivity index (χ0n) is 9.75. The molecule has 86 valence electrons. The summed E-state index contributed by atoms with van der Waals surface area (Å²) in [6.07, 6.45) is 4.12. The van der Waals surface area contributed by atoms with Crippen LogP contribution in [0, 0.1) is 6.92 Å². The van der Waals surface area contributed by atoms with Crippen LogP contribution in [0.5, 0.6) is 0 Å². The Kier molecular flexibility index (Phi) is 5.79. The fourth-order valence-electron chi connectivity index (χ4n) is 1.45. The summed E-state index contributed by atoms with van der Waals surface area (Å²) in [6.45, 7) is 7.32. The Morgan fingerprint density at radius 3 is 2.87 bits per heavy atom. The molecule has 1 aromatic heterocycles. The SMILES string of the molecule is CCCC(CSc1nc(C)co1)NCC. The first-order valence-corrected chi connectivity index (χ1v) is 6.53. The smallest absolute Gasteiger partial charge is 0.255 e. The topological polar surface area (TPSA) is 38.1 Å². The second-order valence-corrected chi connectivity index (χ2v) is 4.58. The highest BCUT2D eigenvalue weighted by atomic mass is 32.2. The van der Waals surface area contributed by atoms with Crippen LogP contribution >= 0.6 is 11.8 Å². The Morgan fingerprint density at radius 2 is 2.33 bits per heavy atom. The predicted octanol–water partition coefficient (Wildman–Crippen LogP) is 2.85. The number of thioether (sulfide) groups is 1. The van der Waals surface area contributed by atoms with Gasteiger partial charge in [0, 0.05) is 11.8 Å². The molecule has 1 atom stereocenters. The molecule has 0 fully saturated rings. The van der Waals surface area contributed by atoms with Gasteiger partial charge in [-0.25, -0.2) is 4.98 Å². The van der Waals surface area contributed by atoms with E-state index < -0.39 is 0 Å². The fourth-order valence-corrected chi connectivity index (χ4v) is 2.40. The maximum absolute atomic E-state index is 5.30. The molecule has 0 aromatic carbocycles. The molecule has 1 heterocycles. The average Bonchev–Trinajstić information content (AvgIpc) is 2.61. The predicted molar refractivity (Wildman–Crippen MR) is 64.3 cm³/mol. The summed E-state index contributed by atoms with van der Waals surface area (Å²) in [6, 6.07) is 0.567. The van der Waals surface area contributed by atoms with E-state index in [0.717, 1.165) is 23.2 Å². The molecule has 0 aliphatic rings. The van der Waals surface area contributed by atoms with Gasteiger partial charge in [-0.05, 0) is 19.9 Å². The zero-order chi connectivity index (χ0) is 11.1. The molecule has 0 spiro atoms. The van der Waals surface area contributed by atoms with E-state index in [4.69, 9.17) is 4.42 Å². The van der Waals surface area contributed by atoms with Crippen molar-refractivity contribution in [3.05, 3.63) is 12.0 Å². The molecule has 0 bridgehead atoms. The van der Waals surface area contributed by atoms with Gasteiger partial charge in [0.1, 0.15) is 6.26 Å². The fraction of sp³-hybridized carbons (Fsp3) is 0.727. The monoisotopic (exact) mass is 228 g/mol. The van der Waals surface area contributed by atoms with Gasteiger partial charge in [0.05, 0.1) is 5.69 Å². The lowest BCUT2D eigenvalue weighted by atomic mass is 10.2. The molecule has 0 saturated carbocycles. The standard InChI is InChI=1S/C11H20N2OS/c1-4-6-10(12-5-2)8-15-11-13-9(3)7-14-11/h7,10,12H,4-6,8H2,1-3H3. The maximum atomic E-state index is 5.30. The van der Waals surface area contributed by atoms with Crippen LogP contribution in [-0.2, 0) is 0 Å². The number of hydrogen-bond acceptors (Lipinski definition) is 4. The molecule has 0 saturated heterocycles. The molecule has 3 nitrogen and oxygen atoms in total. The number of hydrogen-bond donors (Lipinski definition) is 1. The first-order valence-electron chi connectivity index (χ1n) is 5.54. The molecule has 0 aliphatic carbocycles. The minimum absolute atomic E-state index is 0.567. The first-order chi connectivity index (χ1) is 7.26. The highest BCUT2D eigenvalue weighted by molar-refractivity contribution is 7.99. The summed E-state index contributed by atoms with van der Waals surface area (Å²) in [4.78, 5) is 4.27. The van der Waals surface area contributed by atoms with Crippen molar-refractivity contribution in [3.8, 4) is 0 Å². The van der Waals surface area contributed by atoms with Crippen LogP contribution in [0.25, 0.3) is 0 Å². The zero-order valence-corrected chi connectivity index (χ0v) is 10.6. The van der Waals surface area contributed by atoms with Crippen LogP contribution < -0.4 is 5.32 Å². The lowest BCUT2D eigenvalue weighted by molar-refractivity contribution is 0.452. The van der Waals surface area contributed by atoms with Crippen LogP contribution in [0.3, 0.4) is 0 Å². The number of aryl methyl sites for hydroxylation is 1. The average molecular weight is 228 g/mol. The van der Waals surface area contributed by atoms with E-state index in [1.165, 1.54) is 12.8 Å². The molecule has 0 aliphatic heterocycles. The molecule has 15 heavy (non-hydrogen) atoms. The Morgan fingerprint density at radius 1 is 1.53 bits per heavy atom. The van der Waals surface area contributed by atoms with Gasteiger partial charge in [0.2, 0.25) is 0 Å². The van der Waals surface area contributed by atoms with E-state index in [0.29, 0.717) is 6.04 Å². The van der Waals surface area contributed by atoms with Crippen molar-refractivity contribution in [3.63, 3.8) is 0 Å². The number of nitrogens with zero attached hydrogens (tertiary/aromatic N) is 1. The van der Waals surface area contributed by atoms with Gasteiger partial charge in [0.25, 0.3) is 5.22 Å². The highest BCUT2D eigenvalue weighted by Crippen LogP contribution is 2.18. The van der Waals surface area contributed by atoms with Crippen LogP contribution in [0.15, 0.2) is 15.9 Å². The Labute approximate surface area is 96.0 Å². The summed E-state index contributed by atoms with van der Waals surface area (Å²) < 4.78 is 5.30. The van der Waals surface area contributed by atoms with E-state index in [1.54, 1.807) is 18.0 Å². The highest BCUT2D eigenvalue weighted by Gasteiger charge is 2.09. The molecule has 1 unspecified atom stereocenters. The Hall–Kier alpha value is -0.480. The van der Waals surface area contributed by atoms with Gasteiger partial charge in [-0.2, -0.15) is 0 Å². The molecule has 1 aromatic rings. The van der Waals surface area contributed by atoms with E-state index in [9.17, 15) is 0 Å². The van der Waals surface area contributed by atoms with Gasteiger partial charge in [-0.3, -0.25) is 0 Å². The molecular formula is C11H20N2OS. The van der Waals surface area contributed by atoms with Gasteiger partial charge < -0.3 is 9.73 Å². The minimum atomic E-state index is 0.567. The number of rotatable bonds is 7. The molecule has 4 heteroatoms. The third kappa shape index (κ3) is 4.71. The number of oxazole rings is 1. The van der Waals surface area contributed by atoms with Crippen LogP contribution in [0.2, 0.25) is 0 Å². The Bertz CT molecular complexity index is 269. The van der Waals surface area contributed by atoms with Gasteiger partial charge in [-0.1, -0.05) is 32.0 Å². The summed E-state index contributed by atoms with van der Waals surface area (Å²) in [5.41, 5.74) is 0.952. The summed E-state index contributed by atoms with van der Waals surface area (Å²) >= 11 is 1.69. The minimum Gasteiger partial charge on any atom is -0.440 e. The van der Waals surface area contributed by atoms with E-state index >= 15 is 0 Å². The second kappa shape index (κ2) is 6.90.